The molecule has 1 atom stereocenters. The Bertz CT molecular complexity index is 1100. The number of hydrogen-bond donors (Lipinski definition) is 0. The maximum Gasteiger partial charge on any atom is 0.270 e. The van der Waals surface area contributed by atoms with E-state index in [1.165, 1.54) is 5.56 Å². The van der Waals surface area contributed by atoms with Crippen LogP contribution in [0.25, 0.3) is 11.1 Å². The number of amides is 2. The number of aromatic nitrogens is 1. The van der Waals surface area contributed by atoms with Gasteiger partial charge in [0.25, 0.3) is 5.91 Å². The molecule has 0 spiro atoms. The molecule has 3 aromatic rings. The third-order valence-electron chi connectivity index (χ3n) is 6.00. The van der Waals surface area contributed by atoms with Gasteiger partial charge in [-0.15, -0.1) is 0 Å². The molecule has 0 N–H and O–H groups in total. The molecule has 6 nitrogen and oxygen atoms in total. The Balaban J connectivity index is 1.58. The quantitative estimate of drug-likeness (QED) is 0.633. The van der Waals surface area contributed by atoms with Gasteiger partial charge in [-0.3, -0.25) is 9.59 Å². The summed E-state index contributed by atoms with van der Waals surface area (Å²) in [5, 5.41) is 0.921. The van der Waals surface area contributed by atoms with Crippen LogP contribution in [0.15, 0.2) is 47.1 Å². The smallest absolute Gasteiger partial charge is 0.270 e. The van der Waals surface area contributed by atoms with Gasteiger partial charge in [0.2, 0.25) is 11.6 Å². The minimum absolute atomic E-state index is 0.0202. The standard InChI is InChI=1S/C25H31N3O3/c1-17-6-8-19(9-7-17)16-28-21(14-20-10-13-31-23(20)28)22(29)26-11-12-27(18(2)15-26)24(30)25(3,4)5/h6-10,13-14,18H,11-12,15-16H2,1-5H3/t18-/m1/s1. The number of rotatable bonds is 3. The molecule has 31 heavy (non-hydrogen) atoms. The van der Waals surface area contributed by atoms with E-state index in [-0.39, 0.29) is 17.9 Å². The van der Waals surface area contributed by atoms with Crippen molar-refractivity contribution in [3.63, 3.8) is 0 Å². The van der Waals surface area contributed by atoms with E-state index in [9.17, 15) is 9.59 Å². The summed E-state index contributed by atoms with van der Waals surface area (Å²) < 4.78 is 7.67. The second kappa shape index (κ2) is 7.91. The van der Waals surface area contributed by atoms with Crippen molar-refractivity contribution >= 4 is 22.9 Å². The summed E-state index contributed by atoms with van der Waals surface area (Å²) in [6.07, 6.45) is 1.66. The van der Waals surface area contributed by atoms with E-state index in [0.29, 0.717) is 37.6 Å². The maximum absolute atomic E-state index is 13.5. The van der Waals surface area contributed by atoms with Gasteiger partial charge in [0, 0.05) is 36.5 Å². The number of carbonyl (C=O) groups excluding carboxylic acids is 2. The molecule has 0 saturated carbocycles. The molecule has 6 heteroatoms. The lowest BCUT2D eigenvalue weighted by Gasteiger charge is -2.42. The van der Waals surface area contributed by atoms with Crippen molar-refractivity contribution in [3.05, 3.63) is 59.5 Å². The number of piperazine rings is 1. The zero-order chi connectivity index (χ0) is 22.3. The van der Waals surface area contributed by atoms with Gasteiger partial charge < -0.3 is 18.8 Å². The summed E-state index contributed by atoms with van der Waals surface area (Å²) in [5.74, 6) is 0.112. The lowest BCUT2D eigenvalue weighted by atomic mass is 9.93. The highest BCUT2D eigenvalue weighted by molar-refractivity contribution is 5.98. The zero-order valence-corrected chi connectivity index (χ0v) is 19.0. The van der Waals surface area contributed by atoms with Gasteiger partial charge in [0.15, 0.2) is 0 Å². The third-order valence-corrected chi connectivity index (χ3v) is 6.00. The van der Waals surface area contributed by atoms with Crippen LogP contribution in [0.2, 0.25) is 0 Å². The number of hydrogen-bond acceptors (Lipinski definition) is 3. The normalized spacial score (nSPS) is 17.4. The first-order chi connectivity index (χ1) is 14.6. The van der Waals surface area contributed by atoms with Crippen LogP contribution in [0.4, 0.5) is 0 Å². The molecule has 1 aliphatic rings. The molecule has 0 radical (unpaired) electrons. The summed E-state index contributed by atoms with van der Waals surface area (Å²) in [7, 11) is 0. The Labute approximate surface area is 183 Å². The van der Waals surface area contributed by atoms with Crippen LogP contribution < -0.4 is 0 Å². The molecule has 164 valence electrons. The van der Waals surface area contributed by atoms with Crippen LogP contribution >= 0.6 is 0 Å². The predicted molar refractivity (Wildman–Crippen MR) is 121 cm³/mol. The molecule has 4 rings (SSSR count). The SMILES string of the molecule is Cc1ccc(Cn2c(C(=O)N3CCN(C(=O)C(C)(C)C)[C@H](C)C3)cc3ccoc32)cc1. The van der Waals surface area contributed by atoms with Crippen molar-refractivity contribution in [2.75, 3.05) is 19.6 Å². The highest BCUT2D eigenvalue weighted by atomic mass is 16.3. The van der Waals surface area contributed by atoms with Crippen LogP contribution in [0.5, 0.6) is 0 Å². The van der Waals surface area contributed by atoms with Gasteiger partial charge in [-0.1, -0.05) is 50.6 Å². The van der Waals surface area contributed by atoms with Gasteiger partial charge in [0.05, 0.1) is 12.8 Å². The molecular weight excluding hydrogens is 390 g/mol. The Morgan fingerprint density at radius 2 is 1.81 bits per heavy atom. The minimum Gasteiger partial charge on any atom is -0.448 e. The van der Waals surface area contributed by atoms with E-state index in [1.54, 1.807) is 6.26 Å². The zero-order valence-electron chi connectivity index (χ0n) is 19.0. The number of fused-ring (bicyclic) bond motifs is 1. The van der Waals surface area contributed by atoms with Crippen LogP contribution in [0.1, 0.15) is 49.3 Å². The number of carbonyl (C=O) groups is 2. The number of furan rings is 1. The molecule has 0 unspecified atom stereocenters. The first-order valence-corrected chi connectivity index (χ1v) is 10.9. The van der Waals surface area contributed by atoms with Crippen LogP contribution in [-0.4, -0.2) is 51.9 Å². The Morgan fingerprint density at radius 1 is 1.10 bits per heavy atom. The molecule has 2 amide bonds. The van der Waals surface area contributed by atoms with Crippen molar-refractivity contribution in [3.8, 4) is 0 Å². The summed E-state index contributed by atoms with van der Waals surface area (Å²) in [4.78, 5) is 30.0. The topological polar surface area (TPSA) is 58.7 Å². The highest BCUT2D eigenvalue weighted by Gasteiger charge is 2.35. The average Bonchev–Trinajstić information content (AvgIpc) is 3.30. The van der Waals surface area contributed by atoms with Crippen molar-refractivity contribution in [2.45, 2.75) is 47.2 Å². The van der Waals surface area contributed by atoms with E-state index in [0.717, 1.165) is 10.9 Å². The van der Waals surface area contributed by atoms with Gasteiger partial charge in [-0.2, -0.15) is 0 Å². The highest BCUT2D eigenvalue weighted by Crippen LogP contribution is 2.26. The molecule has 0 aliphatic carbocycles. The predicted octanol–water partition coefficient (Wildman–Crippen LogP) is 4.31. The summed E-state index contributed by atoms with van der Waals surface area (Å²) in [5.41, 5.74) is 3.22. The van der Waals surface area contributed by atoms with Gasteiger partial charge in [-0.25, -0.2) is 0 Å². The van der Waals surface area contributed by atoms with Crippen molar-refractivity contribution in [2.24, 2.45) is 5.41 Å². The second-order valence-corrected chi connectivity index (χ2v) is 9.63. The molecular formula is C25H31N3O3. The Morgan fingerprint density at radius 3 is 2.45 bits per heavy atom. The van der Waals surface area contributed by atoms with E-state index in [1.807, 2.05) is 54.2 Å². The Kier molecular flexibility index (Phi) is 5.42. The average molecular weight is 422 g/mol. The fourth-order valence-corrected chi connectivity index (χ4v) is 4.22. The molecule has 2 aromatic heterocycles. The second-order valence-electron chi connectivity index (χ2n) is 9.63. The van der Waals surface area contributed by atoms with Crippen molar-refractivity contribution < 1.29 is 14.0 Å². The molecule has 0 bridgehead atoms. The van der Waals surface area contributed by atoms with Crippen LogP contribution in [0.3, 0.4) is 0 Å². The van der Waals surface area contributed by atoms with Crippen molar-refractivity contribution in [1.29, 1.82) is 0 Å². The van der Waals surface area contributed by atoms with E-state index >= 15 is 0 Å². The molecule has 3 heterocycles. The number of aryl methyl sites for hydroxylation is 1. The summed E-state index contributed by atoms with van der Waals surface area (Å²) in [6.45, 7) is 12.1. The van der Waals surface area contributed by atoms with Gasteiger partial charge in [0.1, 0.15) is 5.69 Å². The first-order valence-electron chi connectivity index (χ1n) is 10.9. The first kappa shape index (κ1) is 21.2. The van der Waals surface area contributed by atoms with Crippen molar-refractivity contribution in [1.82, 2.24) is 14.4 Å². The monoisotopic (exact) mass is 421 g/mol. The van der Waals surface area contributed by atoms with Crippen LogP contribution in [0, 0.1) is 12.3 Å². The summed E-state index contributed by atoms with van der Waals surface area (Å²) in [6, 6.07) is 12.1. The van der Waals surface area contributed by atoms with Gasteiger partial charge >= 0.3 is 0 Å². The molecule has 1 aromatic carbocycles. The maximum atomic E-state index is 13.5. The number of benzene rings is 1. The van der Waals surface area contributed by atoms with E-state index in [4.69, 9.17) is 4.42 Å². The van der Waals surface area contributed by atoms with E-state index in [2.05, 4.69) is 31.2 Å². The Hall–Kier alpha value is -3.02. The lowest BCUT2D eigenvalue weighted by Crippen LogP contribution is -2.57. The third kappa shape index (κ3) is 4.11. The fourth-order valence-electron chi connectivity index (χ4n) is 4.22. The van der Waals surface area contributed by atoms with Crippen LogP contribution in [-0.2, 0) is 11.3 Å². The largest absolute Gasteiger partial charge is 0.448 e. The fraction of sp³-hybridized carbons (Fsp3) is 0.440. The number of nitrogens with zero attached hydrogens (tertiary/aromatic N) is 3. The summed E-state index contributed by atoms with van der Waals surface area (Å²) >= 11 is 0. The van der Waals surface area contributed by atoms with Gasteiger partial charge in [-0.05, 0) is 31.5 Å². The molecule has 1 aliphatic heterocycles. The molecule has 1 fully saturated rings. The molecule has 1 saturated heterocycles. The van der Waals surface area contributed by atoms with E-state index < -0.39 is 5.41 Å². The minimum atomic E-state index is -0.423. The lowest BCUT2D eigenvalue weighted by molar-refractivity contribution is -0.143.